The van der Waals surface area contributed by atoms with Gasteiger partial charge in [-0.25, -0.2) is 0 Å². The van der Waals surface area contributed by atoms with E-state index in [0.717, 1.165) is 6.42 Å². The Hall–Kier alpha value is -1.31. The number of anilines is 1. The first kappa shape index (κ1) is 8.80. The van der Waals surface area contributed by atoms with Gasteiger partial charge in [-0.2, -0.15) is 0 Å². The van der Waals surface area contributed by atoms with E-state index in [4.69, 9.17) is 0 Å². The van der Waals surface area contributed by atoms with E-state index in [0.29, 0.717) is 23.8 Å². The lowest BCUT2D eigenvalue weighted by Crippen LogP contribution is -2.36. The van der Waals surface area contributed by atoms with Crippen molar-refractivity contribution in [3.05, 3.63) is 29.8 Å². The molecule has 1 saturated carbocycles. The number of carbonyl (C=O) groups is 1. The summed E-state index contributed by atoms with van der Waals surface area (Å²) in [5, 5.41) is 0. The molecule has 0 radical (unpaired) electrons. The molecule has 1 saturated heterocycles. The van der Waals surface area contributed by atoms with Crippen molar-refractivity contribution in [2.75, 3.05) is 4.90 Å². The minimum Gasteiger partial charge on any atom is -0.308 e. The van der Waals surface area contributed by atoms with Gasteiger partial charge >= 0.3 is 0 Å². The zero-order valence-electron chi connectivity index (χ0n) is 9.23. The highest BCUT2D eigenvalue weighted by Gasteiger charge is 2.51. The Kier molecular flexibility index (Phi) is 1.58. The normalized spacial score (nSPS) is 35.1. The molecular formula is C14H15NO. The highest BCUT2D eigenvalue weighted by atomic mass is 16.2. The summed E-state index contributed by atoms with van der Waals surface area (Å²) in [6, 6.07) is 8.99. The molecule has 2 fully saturated rings. The Morgan fingerprint density at radius 2 is 2.06 bits per heavy atom. The van der Waals surface area contributed by atoms with Crippen LogP contribution in [0.1, 0.15) is 37.2 Å². The number of hydrogen-bond donors (Lipinski definition) is 0. The largest absolute Gasteiger partial charge is 0.308 e. The summed E-state index contributed by atoms with van der Waals surface area (Å²) in [5.41, 5.74) is 2.62. The third-order valence-corrected chi connectivity index (χ3v) is 4.58. The van der Waals surface area contributed by atoms with Crippen molar-refractivity contribution in [1.29, 1.82) is 0 Å². The van der Waals surface area contributed by atoms with Gasteiger partial charge in [0.15, 0.2) is 0 Å². The van der Waals surface area contributed by atoms with Crippen LogP contribution in [0.4, 0.5) is 5.69 Å². The van der Waals surface area contributed by atoms with Crippen LogP contribution in [0.2, 0.25) is 0 Å². The second-order valence-electron chi connectivity index (χ2n) is 5.31. The number of amides is 1. The van der Waals surface area contributed by atoms with Gasteiger partial charge in [-0.15, -0.1) is 0 Å². The fraction of sp³-hybridized carbons (Fsp3) is 0.500. The minimum atomic E-state index is 0.354. The molecular weight excluding hydrogens is 198 g/mol. The zero-order valence-corrected chi connectivity index (χ0v) is 9.23. The second-order valence-corrected chi connectivity index (χ2v) is 5.31. The van der Waals surface area contributed by atoms with E-state index in [9.17, 15) is 4.79 Å². The zero-order chi connectivity index (χ0) is 10.7. The Labute approximate surface area is 95.3 Å². The van der Waals surface area contributed by atoms with Crippen molar-refractivity contribution >= 4 is 11.6 Å². The van der Waals surface area contributed by atoms with Crippen molar-refractivity contribution in [1.82, 2.24) is 0 Å². The van der Waals surface area contributed by atoms with Crippen molar-refractivity contribution in [2.24, 2.45) is 5.92 Å². The summed E-state index contributed by atoms with van der Waals surface area (Å²) in [4.78, 5) is 14.2. The van der Waals surface area contributed by atoms with E-state index in [-0.39, 0.29) is 0 Å². The molecule has 3 atom stereocenters. The van der Waals surface area contributed by atoms with Gasteiger partial charge < -0.3 is 4.90 Å². The van der Waals surface area contributed by atoms with Gasteiger partial charge in [0.2, 0.25) is 5.91 Å². The van der Waals surface area contributed by atoms with Gasteiger partial charge in [0.05, 0.1) is 0 Å². The quantitative estimate of drug-likeness (QED) is 0.649. The fourth-order valence-electron chi connectivity index (χ4n) is 4.03. The first-order valence-corrected chi connectivity index (χ1v) is 6.27. The Morgan fingerprint density at radius 3 is 3.00 bits per heavy atom. The highest BCUT2D eigenvalue weighted by molar-refractivity contribution is 5.99. The van der Waals surface area contributed by atoms with Crippen LogP contribution in [0.15, 0.2) is 24.3 Å². The van der Waals surface area contributed by atoms with Gasteiger partial charge in [0.25, 0.3) is 0 Å². The molecule has 0 unspecified atom stereocenters. The van der Waals surface area contributed by atoms with Gasteiger partial charge in [-0.1, -0.05) is 24.6 Å². The molecule has 1 aliphatic carbocycles. The Morgan fingerprint density at radius 1 is 1.19 bits per heavy atom. The molecule has 16 heavy (non-hydrogen) atoms. The molecule has 0 bridgehead atoms. The Bertz CT molecular complexity index is 468. The third kappa shape index (κ3) is 0.909. The number of para-hydroxylation sites is 1. The molecule has 2 heterocycles. The van der Waals surface area contributed by atoms with Crippen molar-refractivity contribution in [3.8, 4) is 0 Å². The van der Waals surface area contributed by atoms with E-state index >= 15 is 0 Å². The fourth-order valence-corrected chi connectivity index (χ4v) is 4.03. The number of fused-ring (bicyclic) bond motifs is 3. The predicted molar refractivity (Wildman–Crippen MR) is 62.4 cm³/mol. The van der Waals surface area contributed by atoms with E-state index < -0.39 is 0 Å². The monoisotopic (exact) mass is 213 g/mol. The minimum absolute atomic E-state index is 0.354. The van der Waals surface area contributed by atoms with Crippen molar-refractivity contribution < 1.29 is 4.79 Å². The molecule has 0 aromatic heterocycles. The summed E-state index contributed by atoms with van der Waals surface area (Å²) in [5.74, 6) is 1.60. The van der Waals surface area contributed by atoms with Crippen LogP contribution in [-0.2, 0) is 4.79 Å². The van der Waals surface area contributed by atoms with Crippen molar-refractivity contribution in [3.63, 3.8) is 0 Å². The molecule has 0 spiro atoms. The van der Waals surface area contributed by atoms with E-state index in [1.807, 2.05) is 0 Å². The summed E-state index contributed by atoms with van der Waals surface area (Å²) in [6.07, 6.45) is 4.59. The van der Waals surface area contributed by atoms with Crippen LogP contribution < -0.4 is 4.90 Å². The highest BCUT2D eigenvalue weighted by Crippen LogP contribution is 2.53. The Balaban J connectivity index is 1.92. The molecule has 1 aromatic rings. The number of nitrogens with zero attached hydrogens (tertiary/aromatic N) is 1. The topological polar surface area (TPSA) is 20.3 Å². The molecule has 4 rings (SSSR count). The molecule has 0 N–H and O–H groups in total. The number of benzene rings is 1. The number of carbonyl (C=O) groups excluding carboxylic acids is 1. The van der Waals surface area contributed by atoms with Crippen LogP contribution in [0.25, 0.3) is 0 Å². The number of hydrogen-bond acceptors (Lipinski definition) is 1. The standard InChI is InChI=1S/C14H15NO/c16-13-8-9-4-3-6-11-10-5-1-2-7-12(10)15(13)14(9)11/h1-2,5,7,9,11,14H,3-4,6,8H2/t9-,11+,14+/m1/s1. The molecule has 2 aliphatic heterocycles. The first-order chi connectivity index (χ1) is 7.86. The lowest BCUT2D eigenvalue weighted by Gasteiger charge is -2.31. The van der Waals surface area contributed by atoms with Crippen LogP contribution in [0.3, 0.4) is 0 Å². The van der Waals surface area contributed by atoms with E-state index in [1.54, 1.807) is 0 Å². The van der Waals surface area contributed by atoms with Crippen molar-refractivity contribution in [2.45, 2.75) is 37.6 Å². The summed E-state index contributed by atoms with van der Waals surface area (Å²) in [6.45, 7) is 0. The molecule has 1 amide bonds. The van der Waals surface area contributed by atoms with Gasteiger partial charge in [-0.05, 0) is 30.4 Å². The molecule has 82 valence electrons. The lowest BCUT2D eigenvalue weighted by atomic mass is 9.76. The first-order valence-electron chi connectivity index (χ1n) is 6.27. The third-order valence-electron chi connectivity index (χ3n) is 4.58. The second kappa shape index (κ2) is 2.88. The molecule has 3 aliphatic rings. The predicted octanol–water partition coefficient (Wildman–Crippen LogP) is 2.69. The smallest absolute Gasteiger partial charge is 0.227 e. The molecule has 2 nitrogen and oxygen atoms in total. The van der Waals surface area contributed by atoms with E-state index in [1.165, 1.54) is 30.5 Å². The summed E-state index contributed by atoms with van der Waals surface area (Å²) < 4.78 is 0. The van der Waals surface area contributed by atoms with Gasteiger partial charge in [-0.3, -0.25) is 4.79 Å². The molecule has 1 aromatic carbocycles. The van der Waals surface area contributed by atoms with Crippen LogP contribution >= 0.6 is 0 Å². The van der Waals surface area contributed by atoms with Gasteiger partial charge in [0, 0.05) is 24.1 Å². The molecule has 2 heteroatoms. The van der Waals surface area contributed by atoms with Gasteiger partial charge in [0.1, 0.15) is 0 Å². The van der Waals surface area contributed by atoms with Crippen LogP contribution in [0.5, 0.6) is 0 Å². The average Bonchev–Trinajstić information content (AvgIpc) is 2.82. The SMILES string of the molecule is O=C1C[C@H]2CCC[C@H]3c4ccccc4N1[C@@H]23. The number of rotatable bonds is 0. The summed E-state index contributed by atoms with van der Waals surface area (Å²) >= 11 is 0. The lowest BCUT2D eigenvalue weighted by molar-refractivity contribution is -0.117. The van der Waals surface area contributed by atoms with E-state index in [2.05, 4.69) is 29.2 Å². The maximum absolute atomic E-state index is 12.1. The maximum Gasteiger partial charge on any atom is 0.227 e. The van der Waals surface area contributed by atoms with Crippen LogP contribution in [0, 0.1) is 5.92 Å². The average molecular weight is 213 g/mol. The maximum atomic E-state index is 12.1. The van der Waals surface area contributed by atoms with Crippen LogP contribution in [-0.4, -0.2) is 11.9 Å². The summed E-state index contributed by atoms with van der Waals surface area (Å²) in [7, 11) is 0.